The number of hydrogen-bond acceptors (Lipinski definition) is 2. The van der Waals surface area contributed by atoms with Gasteiger partial charge in [0, 0.05) is 32.5 Å². The van der Waals surface area contributed by atoms with Crippen molar-refractivity contribution in [1.29, 1.82) is 0 Å². The van der Waals surface area contributed by atoms with Crippen LogP contribution in [-0.2, 0) is 11.3 Å². The number of fused-ring (bicyclic) bond motifs is 1. The Morgan fingerprint density at radius 1 is 1.12 bits per heavy atom. The van der Waals surface area contributed by atoms with Crippen molar-refractivity contribution in [3.63, 3.8) is 0 Å². The molecule has 0 aliphatic carbocycles. The average molecular weight is 319 g/mol. The maximum Gasteiger partial charge on any atom is 0.223 e. The van der Waals surface area contributed by atoms with Gasteiger partial charge in [-0.25, -0.2) is 4.98 Å². The molecule has 1 aliphatic heterocycles. The van der Waals surface area contributed by atoms with Crippen LogP contribution in [0.4, 0.5) is 0 Å². The summed E-state index contributed by atoms with van der Waals surface area (Å²) in [5.74, 6) is 1.39. The zero-order valence-electron chi connectivity index (χ0n) is 14.1. The predicted octanol–water partition coefficient (Wildman–Crippen LogP) is 3.34. The second-order valence-corrected chi connectivity index (χ2v) is 6.71. The Balaban J connectivity index is 1.78. The number of aromatic nitrogens is 2. The zero-order chi connectivity index (χ0) is 16.7. The fourth-order valence-electron chi connectivity index (χ4n) is 3.48. The lowest BCUT2D eigenvalue weighted by molar-refractivity contribution is -0.126. The molecule has 4 heteroatoms. The van der Waals surface area contributed by atoms with E-state index in [9.17, 15) is 4.79 Å². The highest BCUT2D eigenvalue weighted by molar-refractivity contribution is 5.80. The summed E-state index contributed by atoms with van der Waals surface area (Å²) >= 11 is 0. The summed E-state index contributed by atoms with van der Waals surface area (Å²) < 4.78 is 2.27. The number of aryl methyl sites for hydroxylation is 1. The van der Waals surface area contributed by atoms with Gasteiger partial charge < -0.3 is 9.47 Å². The lowest BCUT2D eigenvalue weighted by Gasteiger charge is -2.14. The van der Waals surface area contributed by atoms with Crippen LogP contribution in [0.2, 0.25) is 0 Å². The molecule has 1 fully saturated rings. The van der Waals surface area contributed by atoms with Crippen LogP contribution in [0.15, 0.2) is 48.5 Å². The van der Waals surface area contributed by atoms with Crippen LogP contribution < -0.4 is 0 Å². The Hall–Kier alpha value is -2.62. The van der Waals surface area contributed by atoms with Crippen LogP contribution in [0, 0.1) is 6.92 Å². The minimum Gasteiger partial charge on any atom is -0.345 e. The van der Waals surface area contributed by atoms with Gasteiger partial charge in [-0.1, -0.05) is 42.0 Å². The molecular formula is C20H21N3O. The molecule has 1 saturated heterocycles. The van der Waals surface area contributed by atoms with Gasteiger partial charge >= 0.3 is 0 Å². The molecule has 0 bridgehead atoms. The summed E-state index contributed by atoms with van der Waals surface area (Å²) in [5.41, 5.74) is 4.65. The molecule has 2 aromatic carbocycles. The lowest BCUT2D eigenvalue weighted by atomic mass is 10.1. The van der Waals surface area contributed by atoms with Crippen LogP contribution in [-0.4, -0.2) is 34.0 Å². The van der Waals surface area contributed by atoms with Gasteiger partial charge in [0.2, 0.25) is 5.91 Å². The maximum atomic E-state index is 12.0. The molecule has 1 amide bonds. The summed E-state index contributed by atoms with van der Waals surface area (Å²) in [4.78, 5) is 18.6. The normalized spacial score (nSPS) is 17.8. The van der Waals surface area contributed by atoms with Crippen LogP contribution in [0.25, 0.3) is 11.0 Å². The molecule has 0 saturated carbocycles. The second-order valence-electron chi connectivity index (χ2n) is 6.71. The summed E-state index contributed by atoms with van der Waals surface area (Å²) in [6.07, 6.45) is 0.549. The summed E-state index contributed by atoms with van der Waals surface area (Å²) in [6.45, 7) is 3.63. The fraction of sp³-hybridized carbons (Fsp3) is 0.300. The number of nitrogens with zero attached hydrogens (tertiary/aromatic N) is 3. The largest absolute Gasteiger partial charge is 0.345 e. The number of likely N-dealkylation sites (N-methyl/N-ethyl adjacent to an activating group) is 1. The number of para-hydroxylation sites is 2. The highest BCUT2D eigenvalue weighted by atomic mass is 16.2. The van der Waals surface area contributed by atoms with Crippen molar-refractivity contribution >= 4 is 16.9 Å². The van der Waals surface area contributed by atoms with E-state index in [4.69, 9.17) is 4.98 Å². The first-order valence-corrected chi connectivity index (χ1v) is 8.36. The molecular weight excluding hydrogens is 298 g/mol. The number of carbonyl (C=O) groups is 1. The average Bonchev–Trinajstić information content (AvgIpc) is 3.11. The topological polar surface area (TPSA) is 38.1 Å². The Kier molecular flexibility index (Phi) is 3.60. The molecule has 0 N–H and O–H groups in total. The van der Waals surface area contributed by atoms with Crippen molar-refractivity contribution in [2.75, 3.05) is 13.6 Å². The third-order valence-corrected chi connectivity index (χ3v) is 4.85. The van der Waals surface area contributed by atoms with Crippen molar-refractivity contribution in [2.45, 2.75) is 25.8 Å². The zero-order valence-corrected chi connectivity index (χ0v) is 14.1. The summed E-state index contributed by atoms with van der Waals surface area (Å²) in [6, 6.07) is 16.8. The molecule has 24 heavy (non-hydrogen) atoms. The van der Waals surface area contributed by atoms with Crippen LogP contribution in [0.3, 0.4) is 0 Å². The third kappa shape index (κ3) is 2.58. The van der Waals surface area contributed by atoms with E-state index in [-0.39, 0.29) is 11.8 Å². The molecule has 2 heterocycles. The van der Waals surface area contributed by atoms with Gasteiger partial charge in [0.25, 0.3) is 0 Å². The Morgan fingerprint density at radius 2 is 1.88 bits per heavy atom. The molecule has 4 nitrogen and oxygen atoms in total. The molecule has 1 atom stereocenters. The van der Waals surface area contributed by atoms with Crippen molar-refractivity contribution in [2.24, 2.45) is 0 Å². The van der Waals surface area contributed by atoms with Crippen molar-refractivity contribution in [3.8, 4) is 0 Å². The first-order valence-electron chi connectivity index (χ1n) is 8.36. The van der Waals surface area contributed by atoms with Crippen LogP contribution in [0.5, 0.6) is 0 Å². The first kappa shape index (κ1) is 14.9. The van der Waals surface area contributed by atoms with E-state index >= 15 is 0 Å². The minimum absolute atomic E-state index is 0.167. The monoisotopic (exact) mass is 319 g/mol. The van der Waals surface area contributed by atoms with Crippen molar-refractivity contribution in [3.05, 3.63) is 65.5 Å². The van der Waals surface area contributed by atoms with Gasteiger partial charge in [-0.15, -0.1) is 0 Å². The minimum atomic E-state index is 0.167. The summed E-state index contributed by atoms with van der Waals surface area (Å²) in [7, 11) is 1.87. The lowest BCUT2D eigenvalue weighted by Crippen LogP contribution is -2.19. The van der Waals surface area contributed by atoms with E-state index < -0.39 is 0 Å². The van der Waals surface area contributed by atoms with Crippen LogP contribution >= 0.6 is 0 Å². The van der Waals surface area contributed by atoms with Gasteiger partial charge in [0.05, 0.1) is 11.0 Å². The SMILES string of the molecule is Cc1ccc(Cn2c(C3CC(=O)N(C)C3)nc3ccccc32)cc1. The number of rotatable bonds is 3. The molecule has 4 rings (SSSR count). The van der Waals surface area contributed by atoms with Gasteiger partial charge in [-0.3, -0.25) is 4.79 Å². The molecule has 122 valence electrons. The third-order valence-electron chi connectivity index (χ3n) is 4.85. The van der Waals surface area contributed by atoms with Gasteiger partial charge in [0.1, 0.15) is 5.82 Å². The highest BCUT2D eigenvalue weighted by Gasteiger charge is 2.31. The Bertz CT molecular complexity index is 895. The number of amides is 1. The van der Waals surface area contributed by atoms with E-state index in [0.717, 1.165) is 29.9 Å². The van der Waals surface area contributed by atoms with E-state index in [1.165, 1.54) is 11.1 Å². The Morgan fingerprint density at radius 3 is 2.58 bits per heavy atom. The molecule has 0 radical (unpaired) electrons. The van der Waals surface area contributed by atoms with Gasteiger partial charge in [-0.05, 0) is 24.6 Å². The number of hydrogen-bond donors (Lipinski definition) is 0. The predicted molar refractivity (Wildman–Crippen MR) is 95.0 cm³/mol. The number of benzene rings is 2. The van der Waals surface area contributed by atoms with E-state index in [2.05, 4.69) is 41.8 Å². The Labute approximate surface area is 141 Å². The van der Waals surface area contributed by atoms with E-state index in [0.29, 0.717) is 6.42 Å². The van der Waals surface area contributed by atoms with E-state index in [1.807, 2.05) is 25.2 Å². The summed E-state index contributed by atoms with van der Waals surface area (Å²) in [5, 5.41) is 0. The van der Waals surface area contributed by atoms with Gasteiger partial charge in [-0.2, -0.15) is 0 Å². The molecule has 0 spiro atoms. The molecule has 3 aromatic rings. The highest BCUT2D eigenvalue weighted by Crippen LogP contribution is 2.30. The van der Waals surface area contributed by atoms with Gasteiger partial charge in [0.15, 0.2) is 0 Å². The second kappa shape index (κ2) is 5.78. The molecule has 1 unspecified atom stereocenters. The maximum absolute atomic E-state index is 12.0. The number of imidazole rings is 1. The molecule has 1 aliphatic rings. The van der Waals surface area contributed by atoms with Crippen LogP contribution in [0.1, 0.15) is 29.3 Å². The quantitative estimate of drug-likeness (QED) is 0.742. The molecule has 1 aromatic heterocycles. The smallest absolute Gasteiger partial charge is 0.223 e. The fourth-order valence-corrected chi connectivity index (χ4v) is 3.48. The number of carbonyl (C=O) groups excluding carboxylic acids is 1. The standard InChI is InChI=1S/C20H21N3O/c1-14-7-9-15(10-8-14)12-23-18-6-4-3-5-17(18)21-20(23)16-11-19(24)22(2)13-16/h3-10,16H,11-13H2,1-2H3. The number of likely N-dealkylation sites (tertiary alicyclic amines) is 1. The van der Waals surface area contributed by atoms with Crippen molar-refractivity contribution < 1.29 is 4.79 Å². The van der Waals surface area contributed by atoms with E-state index in [1.54, 1.807) is 4.90 Å². The first-order chi connectivity index (χ1) is 11.6. The van der Waals surface area contributed by atoms with Crippen molar-refractivity contribution in [1.82, 2.24) is 14.5 Å².